The van der Waals surface area contributed by atoms with Crippen molar-refractivity contribution >= 4 is 17.8 Å². The van der Waals surface area contributed by atoms with E-state index in [9.17, 15) is 14.4 Å². The molecule has 5 heteroatoms. The predicted octanol–water partition coefficient (Wildman–Crippen LogP) is 1.13. The third kappa shape index (κ3) is 2.74. The smallest absolute Gasteiger partial charge is 0.308 e. The van der Waals surface area contributed by atoms with Gasteiger partial charge >= 0.3 is 5.97 Å². The lowest BCUT2D eigenvalue weighted by atomic mass is 9.90. The topological polar surface area (TPSA) is 72.5 Å². The van der Waals surface area contributed by atoms with E-state index in [1.807, 2.05) is 0 Å². The first-order chi connectivity index (χ1) is 8.56. The summed E-state index contributed by atoms with van der Waals surface area (Å²) in [4.78, 5) is 33.5. The summed E-state index contributed by atoms with van der Waals surface area (Å²) in [5.74, 6) is -0.754. The zero-order chi connectivity index (χ0) is 13.1. The van der Waals surface area contributed by atoms with Gasteiger partial charge in [0.1, 0.15) is 5.75 Å². The quantitative estimate of drug-likeness (QED) is 0.483. The number of rotatable bonds is 2. The highest BCUT2D eigenvalue weighted by atomic mass is 16.5. The Morgan fingerprint density at radius 2 is 1.94 bits per heavy atom. The Morgan fingerprint density at radius 3 is 2.50 bits per heavy atom. The number of carbonyl (C=O) groups excluding carboxylic acids is 3. The standard InChI is InChI=1S/C13H13NO4/c1-8(15)18-10-4-2-9(3-5-10)11-6-7-12(16)14-13(11)17/h2-5,11H,6-7H2,1H3,(H,14,16,17). The molecular weight excluding hydrogens is 234 g/mol. The van der Waals surface area contributed by atoms with Gasteiger partial charge in [0, 0.05) is 13.3 Å². The molecule has 1 fully saturated rings. The van der Waals surface area contributed by atoms with Crippen LogP contribution in [-0.4, -0.2) is 17.8 Å². The highest BCUT2D eigenvalue weighted by Crippen LogP contribution is 2.26. The van der Waals surface area contributed by atoms with Gasteiger partial charge in [0.15, 0.2) is 0 Å². The molecule has 1 unspecified atom stereocenters. The summed E-state index contributed by atoms with van der Waals surface area (Å²) in [5, 5.41) is 2.31. The highest BCUT2D eigenvalue weighted by Gasteiger charge is 2.27. The number of ether oxygens (including phenoxy) is 1. The monoisotopic (exact) mass is 247 g/mol. The first-order valence-electron chi connectivity index (χ1n) is 5.68. The lowest BCUT2D eigenvalue weighted by Crippen LogP contribution is -2.39. The number of nitrogens with one attached hydrogen (secondary N) is 1. The van der Waals surface area contributed by atoms with E-state index in [2.05, 4.69) is 5.32 Å². The maximum Gasteiger partial charge on any atom is 0.308 e. The van der Waals surface area contributed by atoms with Crippen molar-refractivity contribution in [1.82, 2.24) is 5.32 Å². The van der Waals surface area contributed by atoms with E-state index in [4.69, 9.17) is 4.74 Å². The van der Waals surface area contributed by atoms with Crippen molar-refractivity contribution in [1.29, 1.82) is 0 Å². The van der Waals surface area contributed by atoms with Crippen molar-refractivity contribution in [3.05, 3.63) is 29.8 Å². The van der Waals surface area contributed by atoms with Gasteiger partial charge in [0.2, 0.25) is 11.8 Å². The van der Waals surface area contributed by atoms with E-state index < -0.39 is 0 Å². The third-order valence-electron chi connectivity index (χ3n) is 2.78. The van der Waals surface area contributed by atoms with Gasteiger partial charge < -0.3 is 4.74 Å². The molecule has 0 bridgehead atoms. The fourth-order valence-corrected chi connectivity index (χ4v) is 1.95. The van der Waals surface area contributed by atoms with Gasteiger partial charge in [-0.3, -0.25) is 19.7 Å². The zero-order valence-electron chi connectivity index (χ0n) is 9.93. The number of piperidine rings is 1. The van der Waals surface area contributed by atoms with Gasteiger partial charge in [-0.15, -0.1) is 0 Å². The van der Waals surface area contributed by atoms with Crippen molar-refractivity contribution < 1.29 is 19.1 Å². The van der Waals surface area contributed by atoms with Crippen LogP contribution in [0.5, 0.6) is 5.75 Å². The van der Waals surface area contributed by atoms with Crippen LogP contribution in [0, 0.1) is 0 Å². The molecular formula is C13H13NO4. The van der Waals surface area contributed by atoms with Crippen LogP contribution in [0.2, 0.25) is 0 Å². The molecule has 1 aromatic carbocycles. The van der Waals surface area contributed by atoms with Crippen molar-refractivity contribution in [2.45, 2.75) is 25.7 Å². The maximum atomic E-state index is 11.7. The number of carbonyl (C=O) groups is 3. The molecule has 2 rings (SSSR count). The Hall–Kier alpha value is -2.17. The van der Waals surface area contributed by atoms with Crippen molar-refractivity contribution in [3.63, 3.8) is 0 Å². The molecule has 1 aliphatic rings. The lowest BCUT2D eigenvalue weighted by molar-refractivity contribution is -0.134. The average Bonchev–Trinajstić information content (AvgIpc) is 2.30. The molecule has 1 heterocycles. The van der Waals surface area contributed by atoms with Crippen LogP contribution < -0.4 is 10.1 Å². The van der Waals surface area contributed by atoms with Crippen LogP contribution >= 0.6 is 0 Å². The number of hydrogen-bond donors (Lipinski definition) is 1. The molecule has 0 spiro atoms. The van der Waals surface area contributed by atoms with Crippen molar-refractivity contribution in [3.8, 4) is 5.75 Å². The predicted molar refractivity (Wildman–Crippen MR) is 62.9 cm³/mol. The zero-order valence-corrected chi connectivity index (χ0v) is 9.93. The van der Waals surface area contributed by atoms with E-state index in [1.165, 1.54) is 6.92 Å². The Labute approximate surface area is 104 Å². The fraction of sp³-hybridized carbons (Fsp3) is 0.308. The van der Waals surface area contributed by atoms with Crippen LogP contribution in [0.15, 0.2) is 24.3 Å². The van der Waals surface area contributed by atoms with E-state index in [-0.39, 0.29) is 23.7 Å². The summed E-state index contributed by atoms with van der Waals surface area (Å²) in [6.07, 6.45) is 0.861. The Balaban J connectivity index is 2.12. The number of amides is 2. The largest absolute Gasteiger partial charge is 0.427 e. The minimum atomic E-state index is -0.385. The van der Waals surface area contributed by atoms with Gasteiger partial charge in [-0.05, 0) is 24.1 Å². The summed E-state index contributed by atoms with van der Waals surface area (Å²) in [6.45, 7) is 1.33. The summed E-state index contributed by atoms with van der Waals surface area (Å²) in [6, 6.07) is 6.75. The molecule has 5 nitrogen and oxygen atoms in total. The molecule has 2 amide bonds. The molecule has 1 aliphatic heterocycles. The minimum absolute atomic E-state index is 0.229. The maximum absolute atomic E-state index is 11.7. The summed E-state index contributed by atoms with van der Waals surface area (Å²) in [5.41, 5.74) is 0.816. The first-order valence-corrected chi connectivity index (χ1v) is 5.68. The summed E-state index contributed by atoms with van der Waals surface area (Å²) in [7, 11) is 0. The Bertz CT molecular complexity index is 492. The van der Waals surface area contributed by atoms with E-state index in [0.29, 0.717) is 18.6 Å². The molecule has 18 heavy (non-hydrogen) atoms. The lowest BCUT2D eigenvalue weighted by Gasteiger charge is -2.21. The Morgan fingerprint density at radius 1 is 1.28 bits per heavy atom. The number of hydrogen-bond acceptors (Lipinski definition) is 4. The second-order valence-electron chi connectivity index (χ2n) is 4.17. The van der Waals surface area contributed by atoms with Gasteiger partial charge in [-0.1, -0.05) is 12.1 Å². The molecule has 1 N–H and O–H groups in total. The molecule has 1 aromatic rings. The van der Waals surface area contributed by atoms with Gasteiger partial charge in [-0.2, -0.15) is 0 Å². The Kier molecular flexibility index (Phi) is 3.41. The number of esters is 1. The molecule has 0 radical (unpaired) electrons. The molecule has 1 atom stereocenters. The van der Waals surface area contributed by atoms with E-state index in [0.717, 1.165) is 5.56 Å². The van der Waals surface area contributed by atoms with E-state index in [1.54, 1.807) is 24.3 Å². The van der Waals surface area contributed by atoms with Gasteiger partial charge in [0.05, 0.1) is 5.92 Å². The second-order valence-corrected chi connectivity index (χ2v) is 4.17. The van der Waals surface area contributed by atoms with Crippen LogP contribution in [0.1, 0.15) is 31.2 Å². The average molecular weight is 247 g/mol. The van der Waals surface area contributed by atoms with E-state index >= 15 is 0 Å². The molecule has 0 aliphatic carbocycles. The van der Waals surface area contributed by atoms with Crippen molar-refractivity contribution in [2.24, 2.45) is 0 Å². The molecule has 0 saturated carbocycles. The molecule has 94 valence electrons. The summed E-state index contributed by atoms with van der Waals surface area (Å²) >= 11 is 0. The highest BCUT2D eigenvalue weighted by molar-refractivity contribution is 6.00. The van der Waals surface area contributed by atoms with Crippen LogP contribution in [0.4, 0.5) is 0 Å². The first kappa shape index (κ1) is 12.3. The number of benzene rings is 1. The van der Waals surface area contributed by atoms with Gasteiger partial charge in [-0.25, -0.2) is 0 Å². The SMILES string of the molecule is CC(=O)Oc1ccc(C2CCC(=O)NC2=O)cc1. The second kappa shape index (κ2) is 5.00. The molecule has 1 saturated heterocycles. The van der Waals surface area contributed by atoms with Crippen LogP contribution in [0.25, 0.3) is 0 Å². The summed E-state index contributed by atoms with van der Waals surface area (Å²) < 4.78 is 4.91. The third-order valence-corrected chi connectivity index (χ3v) is 2.78. The van der Waals surface area contributed by atoms with Crippen molar-refractivity contribution in [2.75, 3.05) is 0 Å². The number of imide groups is 1. The minimum Gasteiger partial charge on any atom is -0.427 e. The fourth-order valence-electron chi connectivity index (χ4n) is 1.95. The van der Waals surface area contributed by atoms with Gasteiger partial charge in [0.25, 0.3) is 0 Å². The molecule has 0 aromatic heterocycles. The van der Waals surface area contributed by atoms with Crippen LogP contribution in [0.3, 0.4) is 0 Å². The van der Waals surface area contributed by atoms with Crippen LogP contribution in [-0.2, 0) is 14.4 Å². The normalized spacial score (nSPS) is 19.3.